The number of rotatable bonds is 13. The lowest BCUT2D eigenvalue weighted by Crippen LogP contribution is -2.54. The molecule has 62 heavy (non-hydrogen) atoms. The fourth-order valence-electron chi connectivity index (χ4n) is 9.55. The molecule has 328 valence electrons. The summed E-state index contributed by atoms with van der Waals surface area (Å²) in [7, 11) is 0. The summed E-state index contributed by atoms with van der Waals surface area (Å²) in [6.45, 7) is 8.84. The Morgan fingerprint density at radius 3 is 1.79 bits per heavy atom. The van der Waals surface area contributed by atoms with Gasteiger partial charge < -0.3 is 34.9 Å². The number of carbonyl (C=O) groups excluding carboxylic acids is 4. The van der Waals surface area contributed by atoms with Crippen LogP contribution in [0.15, 0.2) is 78.1 Å². The Balaban J connectivity index is 0.856. The molecule has 3 aliphatic heterocycles. The summed E-state index contributed by atoms with van der Waals surface area (Å²) in [6, 6.07) is 15.0. The Kier molecular flexibility index (Phi) is 13.2. The molecule has 5 aliphatic rings. The molecule has 3 fully saturated rings. The van der Waals surface area contributed by atoms with E-state index >= 15 is 0 Å². The number of ether oxygens (including phenoxy) is 2. The first-order valence-electron chi connectivity index (χ1n) is 22.8. The van der Waals surface area contributed by atoms with Crippen molar-refractivity contribution in [2.24, 2.45) is 16.8 Å². The second-order valence-electron chi connectivity index (χ2n) is 18.2. The topological polar surface area (TPSA) is 158 Å². The first-order chi connectivity index (χ1) is 30.0. The van der Waals surface area contributed by atoms with E-state index in [0.717, 1.165) is 109 Å². The molecule has 1 aromatic heterocycles. The van der Waals surface area contributed by atoms with Crippen molar-refractivity contribution in [2.75, 3.05) is 13.1 Å². The SMILES string of the molecule is CC(C)[C@H](NC(=O)OC1CCCC1)C(=O)N1CC=C[C@H]1C1=NC=C(c2ccc(-c3ccc(-c4cnc([C@@H]5CCCN5C(=O)[C@@H](NC(=O)OC5CCCC5)C(C)C)[nH]4)cc3)cc2)C1. The Bertz CT molecular complexity index is 2180. The summed E-state index contributed by atoms with van der Waals surface area (Å²) in [6.07, 6.45) is 16.6. The summed E-state index contributed by atoms with van der Waals surface area (Å²) < 4.78 is 11.2. The predicted octanol–water partition coefficient (Wildman–Crippen LogP) is 8.75. The number of hydrogen-bond donors (Lipinski definition) is 3. The molecule has 4 amide bonds. The number of alkyl carbamates (subject to hydrolysis) is 2. The van der Waals surface area contributed by atoms with Gasteiger partial charge in [0, 0.05) is 31.4 Å². The molecule has 0 bridgehead atoms. The maximum Gasteiger partial charge on any atom is 0.408 e. The van der Waals surface area contributed by atoms with Crippen LogP contribution < -0.4 is 10.6 Å². The van der Waals surface area contributed by atoms with Crippen molar-refractivity contribution in [1.29, 1.82) is 0 Å². The predicted molar refractivity (Wildman–Crippen MR) is 239 cm³/mol. The van der Waals surface area contributed by atoms with Crippen LogP contribution in [-0.4, -0.2) is 92.9 Å². The zero-order valence-corrected chi connectivity index (χ0v) is 36.5. The van der Waals surface area contributed by atoms with Crippen molar-refractivity contribution in [3.63, 3.8) is 0 Å². The van der Waals surface area contributed by atoms with Crippen LogP contribution in [0.3, 0.4) is 0 Å². The van der Waals surface area contributed by atoms with Crippen LogP contribution in [0.1, 0.15) is 116 Å². The molecular weight excluding hydrogens is 783 g/mol. The lowest BCUT2D eigenvalue weighted by atomic mass is 9.96. The smallest absolute Gasteiger partial charge is 0.408 e. The number of aliphatic imine (C=N–C) groups is 1. The third-order valence-electron chi connectivity index (χ3n) is 13.1. The molecule has 0 radical (unpaired) electrons. The standard InChI is InChI=1S/C49H61N7O6/c1-30(2)43(53-48(59)61-37-11-5-6-12-37)46(57)55-25-9-15-41(55)39-27-36(28-50-39)34-19-17-32(18-20-34)33-21-23-35(24-22-33)40-29-51-45(52-40)42-16-10-26-56(42)47(58)44(31(3)4)54-49(60)62-38-13-7-8-14-38/h9,15,17-24,28-31,37-38,41-44H,5-8,10-14,16,25-27H2,1-4H3,(H,51,52)(H,53,59)(H,54,60)/t41-,42-,43-,44-/m0/s1. The summed E-state index contributed by atoms with van der Waals surface area (Å²) >= 11 is 0. The van der Waals surface area contributed by atoms with Crippen LogP contribution in [0, 0.1) is 11.8 Å². The molecule has 3 N–H and O–H groups in total. The van der Waals surface area contributed by atoms with Crippen molar-refractivity contribution in [3.8, 4) is 22.4 Å². The highest BCUT2D eigenvalue weighted by molar-refractivity contribution is 6.05. The fraction of sp³-hybridized carbons (Fsp3) is 0.510. The number of nitrogens with zero attached hydrogens (tertiary/aromatic N) is 4. The van der Waals surface area contributed by atoms with Gasteiger partial charge in [0.05, 0.1) is 24.0 Å². The van der Waals surface area contributed by atoms with Crippen molar-refractivity contribution in [1.82, 2.24) is 30.4 Å². The van der Waals surface area contributed by atoms with Gasteiger partial charge in [-0.1, -0.05) is 88.4 Å². The van der Waals surface area contributed by atoms with Crippen LogP contribution in [0.25, 0.3) is 28.0 Å². The van der Waals surface area contributed by atoms with Gasteiger partial charge in [-0.2, -0.15) is 0 Å². The van der Waals surface area contributed by atoms with E-state index in [1.807, 2.05) is 57.1 Å². The number of hydrogen-bond acceptors (Lipinski definition) is 8. The number of benzene rings is 2. The zero-order valence-electron chi connectivity index (χ0n) is 36.5. The van der Waals surface area contributed by atoms with Crippen molar-refractivity contribution < 1.29 is 28.7 Å². The summed E-state index contributed by atoms with van der Waals surface area (Å²) in [4.78, 5) is 69.9. The molecule has 13 heteroatoms. The van der Waals surface area contributed by atoms with Crippen molar-refractivity contribution in [3.05, 3.63) is 84.5 Å². The minimum absolute atomic E-state index is 0.0686. The average molecular weight is 844 g/mol. The normalized spacial score (nSPS) is 21.4. The molecule has 3 aromatic rings. The second-order valence-corrected chi connectivity index (χ2v) is 18.2. The number of likely N-dealkylation sites (tertiary alicyclic amines) is 1. The molecule has 13 nitrogen and oxygen atoms in total. The number of H-pyrrole nitrogens is 1. The Labute approximate surface area is 364 Å². The van der Waals surface area contributed by atoms with Gasteiger partial charge in [0.2, 0.25) is 11.8 Å². The third kappa shape index (κ3) is 9.66. The maximum absolute atomic E-state index is 13.9. The molecule has 0 unspecified atom stereocenters. The minimum atomic E-state index is -0.689. The molecule has 0 spiro atoms. The van der Waals surface area contributed by atoms with Crippen LogP contribution in [0.2, 0.25) is 0 Å². The minimum Gasteiger partial charge on any atom is -0.446 e. The van der Waals surface area contributed by atoms with Gasteiger partial charge in [-0.15, -0.1) is 0 Å². The van der Waals surface area contributed by atoms with Crippen molar-refractivity contribution >= 4 is 35.3 Å². The number of allylic oxidation sites excluding steroid dienone is 1. The van der Waals surface area contributed by atoms with E-state index in [0.29, 0.717) is 19.5 Å². The quantitative estimate of drug-likeness (QED) is 0.145. The van der Waals surface area contributed by atoms with Gasteiger partial charge in [-0.3, -0.25) is 14.6 Å². The van der Waals surface area contributed by atoms with Gasteiger partial charge in [-0.25, -0.2) is 14.6 Å². The number of amides is 4. The fourth-order valence-corrected chi connectivity index (χ4v) is 9.55. The van der Waals surface area contributed by atoms with Crippen LogP contribution >= 0.6 is 0 Å². The van der Waals surface area contributed by atoms with Gasteiger partial charge in [-0.05, 0) is 104 Å². The molecule has 4 atom stereocenters. The number of aromatic amines is 1. The highest BCUT2D eigenvalue weighted by Crippen LogP contribution is 2.34. The van der Waals surface area contributed by atoms with E-state index in [2.05, 4.69) is 64.1 Å². The van der Waals surface area contributed by atoms with Gasteiger partial charge in [0.1, 0.15) is 30.1 Å². The molecule has 2 saturated carbocycles. The van der Waals surface area contributed by atoms with Gasteiger partial charge in [0.25, 0.3) is 0 Å². The Morgan fingerprint density at radius 2 is 1.23 bits per heavy atom. The van der Waals surface area contributed by atoms with E-state index in [9.17, 15) is 19.2 Å². The lowest BCUT2D eigenvalue weighted by Gasteiger charge is -2.31. The van der Waals surface area contributed by atoms with E-state index in [1.165, 1.54) is 0 Å². The summed E-state index contributed by atoms with van der Waals surface area (Å²) in [5.74, 6) is 0.302. The molecule has 8 rings (SSSR count). The Morgan fingerprint density at radius 1 is 0.694 bits per heavy atom. The highest BCUT2D eigenvalue weighted by atomic mass is 16.6. The third-order valence-corrected chi connectivity index (χ3v) is 13.1. The largest absolute Gasteiger partial charge is 0.446 e. The Hall–Kier alpha value is -5.72. The summed E-state index contributed by atoms with van der Waals surface area (Å²) in [5, 5.41) is 5.74. The van der Waals surface area contributed by atoms with Crippen LogP contribution in [-0.2, 0) is 19.1 Å². The van der Waals surface area contributed by atoms with Crippen molar-refractivity contribution in [2.45, 2.75) is 135 Å². The zero-order chi connectivity index (χ0) is 43.3. The summed E-state index contributed by atoms with van der Waals surface area (Å²) in [5.41, 5.74) is 7.09. The van der Waals surface area contributed by atoms with E-state index < -0.39 is 24.3 Å². The van der Waals surface area contributed by atoms with E-state index in [4.69, 9.17) is 19.5 Å². The van der Waals surface area contributed by atoms with Gasteiger partial charge >= 0.3 is 12.2 Å². The number of nitrogens with one attached hydrogen (secondary N) is 3. The monoisotopic (exact) mass is 843 g/mol. The second kappa shape index (κ2) is 19.1. The number of aromatic nitrogens is 2. The van der Waals surface area contributed by atoms with Gasteiger partial charge in [0.15, 0.2) is 0 Å². The number of imidazole rings is 1. The molecule has 4 heterocycles. The van der Waals surface area contributed by atoms with E-state index in [1.54, 1.807) is 4.90 Å². The highest BCUT2D eigenvalue weighted by Gasteiger charge is 2.39. The van der Waals surface area contributed by atoms with E-state index in [-0.39, 0.29) is 47.9 Å². The first kappa shape index (κ1) is 42.9. The number of carbonyl (C=O) groups is 4. The molecule has 2 aliphatic carbocycles. The van der Waals surface area contributed by atoms with Crippen LogP contribution in [0.4, 0.5) is 9.59 Å². The average Bonchev–Trinajstić information content (AvgIpc) is 4.12. The molecule has 2 aromatic carbocycles. The van der Waals surface area contributed by atoms with Crippen LogP contribution in [0.5, 0.6) is 0 Å². The first-order valence-corrected chi connectivity index (χ1v) is 22.8. The lowest BCUT2D eigenvalue weighted by molar-refractivity contribution is -0.135. The maximum atomic E-state index is 13.9. The molecule has 1 saturated heterocycles. The molecular formula is C49H61N7O6.